The molecule has 1 aliphatic carbocycles. The molecule has 31 heavy (non-hydrogen) atoms. The summed E-state index contributed by atoms with van der Waals surface area (Å²) in [6.45, 7) is 4.56. The van der Waals surface area contributed by atoms with E-state index in [0.29, 0.717) is 5.54 Å². The van der Waals surface area contributed by atoms with Crippen molar-refractivity contribution in [1.29, 1.82) is 0 Å². The summed E-state index contributed by atoms with van der Waals surface area (Å²) in [4.78, 5) is 4.53. The molecule has 2 aliphatic heterocycles. The molecular weight excluding hydrogens is 384 g/mol. The Hall–Kier alpha value is -2.43. The highest BCUT2D eigenvalue weighted by Gasteiger charge is 2.87. The van der Waals surface area contributed by atoms with E-state index in [-0.39, 0.29) is 6.04 Å². The maximum Gasteiger partial charge on any atom is 0.132 e. The van der Waals surface area contributed by atoms with E-state index < -0.39 is 6.10 Å². The standard InChI is InChI=1S/C27H31N2O2/c1-3-22-23-12-14-29(17-18-7-5-4-6-8-18)25(16-27(22,23)29)26(30)20-11-13-28-24-10-9-19(31-2)15-21(20)24/h4-11,13,15,22-23,25-26,30H,3,12,14,16-17H2,1-2H3/q+1. The molecule has 2 saturated heterocycles. The molecule has 3 heterocycles. The van der Waals surface area contributed by atoms with Crippen LogP contribution in [0.4, 0.5) is 0 Å². The van der Waals surface area contributed by atoms with Crippen LogP contribution in [0, 0.1) is 11.8 Å². The molecule has 160 valence electrons. The average Bonchev–Trinajstić information content (AvgIpc) is 3.42. The second kappa shape index (κ2) is 6.78. The van der Waals surface area contributed by atoms with E-state index in [0.717, 1.165) is 51.5 Å². The molecule has 1 spiro atoms. The summed E-state index contributed by atoms with van der Waals surface area (Å²) >= 11 is 0. The summed E-state index contributed by atoms with van der Waals surface area (Å²) in [6.07, 6.45) is 5.04. The van der Waals surface area contributed by atoms with Gasteiger partial charge in [-0.15, -0.1) is 0 Å². The number of aliphatic hydroxyl groups excluding tert-OH is 1. The normalized spacial score (nSPS) is 34.0. The van der Waals surface area contributed by atoms with Gasteiger partial charge in [0.2, 0.25) is 0 Å². The number of hydrogen-bond acceptors (Lipinski definition) is 3. The Bertz CT molecular complexity index is 1130. The molecule has 2 aromatic carbocycles. The fourth-order valence-corrected chi connectivity index (χ4v) is 7.64. The molecule has 4 heteroatoms. The van der Waals surface area contributed by atoms with Crippen LogP contribution >= 0.6 is 0 Å². The van der Waals surface area contributed by atoms with Gasteiger partial charge in [0.15, 0.2) is 0 Å². The average molecular weight is 416 g/mol. The summed E-state index contributed by atoms with van der Waals surface area (Å²) < 4.78 is 6.53. The van der Waals surface area contributed by atoms with Crippen molar-refractivity contribution in [2.24, 2.45) is 11.8 Å². The van der Waals surface area contributed by atoms with Crippen molar-refractivity contribution in [2.75, 3.05) is 13.7 Å². The van der Waals surface area contributed by atoms with Gasteiger partial charge < -0.3 is 14.3 Å². The van der Waals surface area contributed by atoms with E-state index in [1.54, 1.807) is 7.11 Å². The lowest BCUT2D eigenvalue weighted by Gasteiger charge is -2.60. The summed E-state index contributed by atoms with van der Waals surface area (Å²) in [5.41, 5.74) is 3.70. The zero-order valence-electron chi connectivity index (χ0n) is 18.4. The van der Waals surface area contributed by atoms with Crippen LogP contribution in [0.1, 0.15) is 43.4 Å². The zero-order chi connectivity index (χ0) is 21.2. The van der Waals surface area contributed by atoms with Crippen molar-refractivity contribution in [2.45, 2.75) is 50.4 Å². The Morgan fingerprint density at radius 3 is 2.77 bits per heavy atom. The largest absolute Gasteiger partial charge is 0.497 e. The van der Waals surface area contributed by atoms with Gasteiger partial charge in [-0.2, -0.15) is 0 Å². The number of pyridine rings is 1. The molecule has 1 saturated carbocycles. The third-order valence-corrected chi connectivity index (χ3v) is 8.91. The second-order valence-corrected chi connectivity index (χ2v) is 9.80. The third kappa shape index (κ3) is 2.46. The maximum absolute atomic E-state index is 11.8. The maximum atomic E-state index is 11.8. The number of ether oxygens (including phenoxy) is 1. The van der Waals surface area contributed by atoms with Crippen molar-refractivity contribution in [3.8, 4) is 5.75 Å². The number of benzene rings is 2. The monoisotopic (exact) mass is 415 g/mol. The lowest BCUT2D eigenvalue weighted by atomic mass is 9.77. The van der Waals surface area contributed by atoms with E-state index in [1.807, 2.05) is 30.5 Å². The van der Waals surface area contributed by atoms with Crippen molar-refractivity contribution >= 4 is 10.9 Å². The van der Waals surface area contributed by atoms with Crippen molar-refractivity contribution in [3.05, 3.63) is 71.9 Å². The fourth-order valence-electron chi connectivity index (χ4n) is 7.64. The number of hydrogen-bond donors (Lipinski definition) is 1. The second-order valence-electron chi connectivity index (χ2n) is 9.80. The fraction of sp³-hybridized carbons (Fsp3) is 0.444. The highest BCUT2D eigenvalue weighted by molar-refractivity contribution is 5.84. The van der Waals surface area contributed by atoms with Gasteiger partial charge in [0.05, 0.1) is 25.6 Å². The van der Waals surface area contributed by atoms with E-state index in [2.05, 4.69) is 42.2 Å². The van der Waals surface area contributed by atoms with Crippen LogP contribution in [0.2, 0.25) is 0 Å². The van der Waals surface area contributed by atoms with Gasteiger partial charge in [-0.25, -0.2) is 0 Å². The molecule has 6 unspecified atom stereocenters. The number of piperidine rings is 1. The van der Waals surface area contributed by atoms with Crippen LogP contribution in [0.5, 0.6) is 5.75 Å². The van der Waals surface area contributed by atoms with Crippen LogP contribution in [0.3, 0.4) is 0 Å². The van der Waals surface area contributed by atoms with Crippen molar-refractivity contribution < 1.29 is 14.3 Å². The first-order valence-electron chi connectivity index (χ1n) is 11.7. The molecule has 1 N–H and O–H groups in total. The predicted octanol–water partition coefficient (Wildman–Crippen LogP) is 4.86. The lowest BCUT2D eigenvalue weighted by molar-refractivity contribution is -1.03. The quantitative estimate of drug-likeness (QED) is 0.585. The zero-order valence-corrected chi connectivity index (χ0v) is 18.4. The summed E-state index contributed by atoms with van der Waals surface area (Å²) in [7, 11) is 1.69. The molecule has 3 aromatic rings. The van der Waals surface area contributed by atoms with Gasteiger partial charge >= 0.3 is 0 Å². The van der Waals surface area contributed by atoms with Gasteiger partial charge in [-0.05, 0) is 36.2 Å². The van der Waals surface area contributed by atoms with Crippen LogP contribution in [0.25, 0.3) is 10.9 Å². The number of aromatic nitrogens is 1. The van der Waals surface area contributed by atoms with Crippen LogP contribution in [-0.4, -0.2) is 39.8 Å². The molecule has 0 amide bonds. The predicted molar refractivity (Wildman–Crippen MR) is 122 cm³/mol. The minimum absolute atomic E-state index is 0.235. The first-order chi connectivity index (χ1) is 15.1. The minimum Gasteiger partial charge on any atom is -0.497 e. The van der Waals surface area contributed by atoms with Crippen molar-refractivity contribution in [3.63, 3.8) is 0 Å². The summed E-state index contributed by atoms with van der Waals surface area (Å²) in [5, 5.41) is 12.8. The van der Waals surface area contributed by atoms with Crippen LogP contribution in [-0.2, 0) is 6.54 Å². The molecule has 0 bridgehead atoms. The Morgan fingerprint density at radius 1 is 1.19 bits per heavy atom. The SMILES string of the molecule is CCC1C2CC[N+]3(Cc4ccccc4)C(C(O)c4ccnc5ccc(OC)cc45)CC123. The van der Waals surface area contributed by atoms with Crippen LogP contribution < -0.4 is 4.74 Å². The number of aliphatic hydroxyl groups is 1. The van der Waals surface area contributed by atoms with Gasteiger partial charge in [-0.1, -0.05) is 37.3 Å². The molecular formula is C27H31N2O2+. The molecule has 6 rings (SSSR count). The molecule has 1 aromatic heterocycles. The van der Waals surface area contributed by atoms with Crippen LogP contribution in [0.15, 0.2) is 60.8 Å². The van der Waals surface area contributed by atoms with Gasteiger partial charge in [0, 0.05) is 35.4 Å². The lowest BCUT2D eigenvalue weighted by Crippen LogP contribution is -2.73. The Labute approximate surface area is 184 Å². The van der Waals surface area contributed by atoms with E-state index in [9.17, 15) is 5.11 Å². The molecule has 0 radical (unpaired) electrons. The van der Waals surface area contributed by atoms with Gasteiger partial charge in [0.1, 0.15) is 30.0 Å². The molecule has 3 aliphatic rings. The molecule has 4 nitrogen and oxygen atoms in total. The topological polar surface area (TPSA) is 42.4 Å². The number of fused-ring (bicyclic) bond motifs is 1. The first-order valence-corrected chi connectivity index (χ1v) is 11.7. The number of methoxy groups -OCH3 is 1. The van der Waals surface area contributed by atoms with Gasteiger partial charge in [-0.3, -0.25) is 4.98 Å². The van der Waals surface area contributed by atoms with E-state index in [1.165, 1.54) is 24.9 Å². The third-order valence-electron chi connectivity index (χ3n) is 8.91. The number of quaternary nitrogens is 1. The molecule has 6 atom stereocenters. The van der Waals surface area contributed by atoms with Crippen molar-refractivity contribution in [1.82, 2.24) is 4.98 Å². The smallest absolute Gasteiger partial charge is 0.132 e. The number of nitrogens with zero attached hydrogens (tertiary/aromatic N) is 2. The Morgan fingerprint density at radius 2 is 2.03 bits per heavy atom. The van der Waals surface area contributed by atoms with Gasteiger partial charge in [0.25, 0.3) is 0 Å². The van der Waals surface area contributed by atoms with E-state index >= 15 is 0 Å². The molecule has 3 fully saturated rings. The summed E-state index contributed by atoms with van der Waals surface area (Å²) in [5.74, 6) is 2.48. The highest BCUT2D eigenvalue weighted by Crippen LogP contribution is 2.76. The van der Waals surface area contributed by atoms with E-state index in [4.69, 9.17) is 4.74 Å². The highest BCUT2D eigenvalue weighted by atomic mass is 16.5. The first kappa shape index (κ1) is 19.3. The minimum atomic E-state index is -0.496. The number of rotatable bonds is 6. The summed E-state index contributed by atoms with van der Waals surface area (Å²) in [6, 6.07) is 19.1. The Balaban J connectivity index is 1.41. The Kier molecular flexibility index (Phi) is 4.22.